The lowest BCUT2D eigenvalue weighted by molar-refractivity contribution is -0.134. The van der Waals surface area contributed by atoms with Crippen LogP contribution in [0.5, 0.6) is 0 Å². The standard InChI is InChI=1S/C9H10N4O3/c1-4-7-8(16-5(2)12-7)13-9(11-4)10-3-6(14)15/h3H2,1-2H3,(H,14,15)(H,10,11,13). The molecule has 7 nitrogen and oxygen atoms in total. The molecule has 0 radical (unpaired) electrons. The van der Waals surface area contributed by atoms with Crippen LogP contribution in [-0.2, 0) is 4.79 Å². The van der Waals surface area contributed by atoms with E-state index in [4.69, 9.17) is 9.52 Å². The van der Waals surface area contributed by atoms with Crippen LogP contribution in [-0.4, -0.2) is 32.6 Å². The van der Waals surface area contributed by atoms with Crippen molar-refractivity contribution in [2.75, 3.05) is 11.9 Å². The first-order valence-corrected chi connectivity index (χ1v) is 4.63. The molecule has 0 aliphatic carbocycles. The quantitative estimate of drug-likeness (QED) is 0.789. The van der Waals surface area contributed by atoms with Crippen LogP contribution in [0.2, 0.25) is 0 Å². The Balaban J connectivity index is 2.37. The van der Waals surface area contributed by atoms with Crippen molar-refractivity contribution in [3.05, 3.63) is 11.6 Å². The van der Waals surface area contributed by atoms with Crippen molar-refractivity contribution in [2.45, 2.75) is 13.8 Å². The number of rotatable bonds is 3. The molecule has 0 fully saturated rings. The second-order valence-corrected chi connectivity index (χ2v) is 3.27. The summed E-state index contributed by atoms with van der Waals surface area (Å²) in [5.74, 6) is -0.249. The maximum atomic E-state index is 10.4. The van der Waals surface area contributed by atoms with E-state index in [2.05, 4.69) is 20.3 Å². The van der Waals surface area contributed by atoms with Gasteiger partial charge in [-0.1, -0.05) is 0 Å². The Labute approximate surface area is 90.5 Å². The van der Waals surface area contributed by atoms with Crippen molar-refractivity contribution in [3.63, 3.8) is 0 Å². The molecule has 0 spiro atoms. The van der Waals surface area contributed by atoms with Crippen molar-refractivity contribution in [3.8, 4) is 0 Å². The molecule has 0 aromatic carbocycles. The second-order valence-electron chi connectivity index (χ2n) is 3.27. The van der Waals surface area contributed by atoms with Crippen molar-refractivity contribution in [1.29, 1.82) is 0 Å². The van der Waals surface area contributed by atoms with Crippen molar-refractivity contribution in [2.24, 2.45) is 0 Å². The Hall–Kier alpha value is -2.18. The molecule has 0 bridgehead atoms. The minimum atomic E-state index is -0.977. The summed E-state index contributed by atoms with van der Waals surface area (Å²) in [6, 6.07) is 0. The molecule has 2 rings (SSSR count). The van der Waals surface area contributed by atoms with Gasteiger partial charge < -0.3 is 14.8 Å². The molecule has 7 heteroatoms. The van der Waals surface area contributed by atoms with Gasteiger partial charge in [0.25, 0.3) is 5.71 Å². The fourth-order valence-electron chi connectivity index (χ4n) is 1.29. The minimum Gasteiger partial charge on any atom is -0.480 e. The molecule has 2 N–H and O–H groups in total. The van der Waals surface area contributed by atoms with E-state index >= 15 is 0 Å². The lowest BCUT2D eigenvalue weighted by Crippen LogP contribution is -2.14. The Bertz CT molecular complexity index is 549. The Morgan fingerprint density at radius 2 is 2.12 bits per heavy atom. The summed E-state index contributed by atoms with van der Waals surface area (Å²) in [5.41, 5.74) is 1.60. The average Bonchev–Trinajstić information content (AvgIpc) is 2.56. The molecule has 16 heavy (non-hydrogen) atoms. The predicted molar refractivity (Wildman–Crippen MR) is 55.2 cm³/mol. The van der Waals surface area contributed by atoms with E-state index in [9.17, 15) is 4.79 Å². The zero-order chi connectivity index (χ0) is 11.7. The van der Waals surface area contributed by atoms with Gasteiger partial charge in [-0.25, -0.2) is 9.97 Å². The first-order chi connectivity index (χ1) is 7.56. The minimum absolute atomic E-state index is 0.226. The maximum absolute atomic E-state index is 10.4. The fraction of sp³-hybridized carbons (Fsp3) is 0.333. The highest BCUT2D eigenvalue weighted by molar-refractivity contribution is 5.74. The van der Waals surface area contributed by atoms with E-state index in [-0.39, 0.29) is 12.5 Å². The SMILES string of the molecule is Cc1nc2c(C)nc(NCC(=O)O)nc2o1. The number of fused-ring (bicyclic) bond motifs is 1. The third-order valence-corrected chi connectivity index (χ3v) is 1.94. The first kappa shape index (κ1) is 10.3. The van der Waals surface area contributed by atoms with Crippen LogP contribution < -0.4 is 5.32 Å². The number of hydrogen-bond donors (Lipinski definition) is 2. The highest BCUT2D eigenvalue weighted by atomic mass is 16.4. The van der Waals surface area contributed by atoms with Gasteiger partial charge in [-0.15, -0.1) is 0 Å². The Morgan fingerprint density at radius 1 is 1.38 bits per heavy atom. The zero-order valence-corrected chi connectivity index (χ0v) is 8.81. The third kappa shape index (κ3) is 1.92. The van der Waals surface area contributed by atoms with Crippen LogP contribution in [0, 0.1) is 13.8 Å². The van der Waals surface area contributed by atoms with E-state index in [1.165, 1.54) is 0 Å². The molecular weight excluding hydrogens is 212 g/mol. The van der Waals surface area contributed by atoms with Crippen LogP contribution in [0.4, 0.5) is 5.95 Å². The maximum Gasteiger partial charge on any atom is 0.322 e. The molecule has 2 heterocycles. The Morgan fingerprint density at radius 3 is 2.81 bits per heavy atom. The number of anilines is 1. The summed E-state index contributed by atoms with van der Waals surface area (Å²) in [4.78, 5) is 22.6. The van der Waals surface area contributed by atoms with Crippen LogP contribution in [0.3, 0.4) is 0 Å². The number of nitrogens with zero attached hydrogens (tertiary/aromatic N) is 3. The summed E-state index contributed by atoms with van der Waals surface area (Å²) in [6.07, 6.45) is 0. The van der Waals surface area contributed by atoms with Crippen LogP contribution in [0.25, 0.3) is 11.2 Å². The monoisotopic (exact) mass is 222 g/mol. The van der Waals surface area contributed by atoms with Gasteiger partial charge in [0.1, 0.15) is 6.54 Å². The molecule has 0 saturated carbocycles. The van der Waals surface area contributed by atoms with Gasteiger partial charge in [0, 0.05) is 6.92 Å². The molecular formula is C9H10N4O3. The van der Waals surface area contributed by atoms with Crippen molar-refractivity contribution >= 4 is 23.1 Å². The Kier molecular flexibility index (Phi) is 2.43. The topological polar surface area (TPSA) is 101 Å². The number of oxazole rings is 1. The molecule has 2 aromatic rings. The van der Waals surface area contributed by atoms with Gasteiger partial charge in [-0.2, -0.15) is 4.98 Å². The molecule has 0 aliphatic rings. The number of carboxylic acids is 1. The normalized spacial score (nSPS) is 10.6. The van der Waals surface area contributed by atoms with E-state index in [0.29, 0.717) is 22.8 Å². The third-order valence-electron chi connectivity index (χ3n) is 1.94. The van der Waals surface area contributed by atoms with Crippen LogP contribution >= 0.6 is 0 Å². The van der Waals surface area contributed by atoms with E-state index in [1.807, 2.05) is 0 Å². The first-order valence-electron chi connectivity index (χ1n) is 4.63. The van der Waals surface area contributed by atoms with Crippen LogP contribution in [0.1, 0.15) is 11.6 Å². The summed E-state index contributed by atoms with van der Waals surface area (Å²) in [6.45, 7) is 3.24. The van der Waals surface area contributed by atoms with Crippen molar-refractivity contribution < 1.29 is 14.3 Å². The largest absolute Gasteiger partial charge is 0.480 e. The summed E-state index contributed by atoms with van der Waals surface area (Å²) in [5, 5.41) is 11.1. The van der Waals surface area contributed by atoms with Gasteiger partial charge in [-0.3, -0.25) is 4.79 Å². The highest BCUT2D eigenvalue weighted by Gasteiger charge is 2.10. The molecule has 2 aromatic heterocycles. The van der Waals surface area contributed by atoms with Crippen molar-refractivity contribution in [1.82, 2.24) is 15.0 Å². The molecule has 0 unspecified atom stereocenters. The van der Waals surface area contributed by atoms with Gasteiger partial charge in [0.05, 0.1) is 5.69 Å². The lowest BCUT2D eigenvalue weighted by Gasteiger charge is -2.01. The smallest absolute Gasteiger partial charge is 0.322 e. The molecule has 0 saturated heterocycles. The molecule has 0 atom stereocenters. The number of hydrogen-bond acceptors (Lipinski definition) is 6. The average molecular weight is 222 g/mol. The van der Waals surface area contributed by atoms with Gasteiger partial charge >= 0.3 is 5.97 Å². The molecule has 0 amide bonds. The zero-order valence-electron chi connectivity index (χ0n) is 8.81. The van der Waals surface area contributed by atoms with Gasteiger partial charge in [0.15, 0.2) is 11.4 Å². The lowest BCUT2D eigenvalue weighted by atomic mass is 10.4. The number of carboxylic acid groups (broad SMARTS) is 1. The second kappa shape index (κ2) is 3.76. The van der Waals surface area contributed by atoms with E-state index < -0.39 is 5.97 Å². The predicted octanol–water partition coefficient (Wildman–Crippen LogP) is 0.731. The number of aryl methyl sites for hydroxylation is 2. The number of aromatic nitrogens is 3. The highest BCUT2D eigenvalue weighted by Crippen LogP contribution is 2.17. The van der Waals surface area contributed by atoms with Gasteiger partial charge in [0.2, 0.25) is 5.95 Å². The fourth-order valence-corrected chi connectivity index (χ4v) is 1.29. The van der Waals surface area contributed by atoms with Crippen LogP contribution in [0.15, 0.2) is 4.42 Å². The van der Waals surface area contributed by atoms with E-state index in [0.717, 1.165) is 0 Å². The van der Waals surface area contributed by atoms with E-state index in [1.54, 1.807) is 13.8 Å². The summed E-state index contributed by atoms with van der Waals surface area (Å²) in [7, 11) is 0. The molecule has 84 valence electrons. The number of nitrogens with one attached hydrogen (secondary N) is 1. The summed E-state index contributed by atoms with van der Waals surface area (Å²) >= 11 is 0. The number of carbonyl (C=O) groups is 1. The number of aliphatic carboxylic acids is 1. The summed E-state index contributed by atoms with van der Waals surface area (Å²) < 4.78 is 5.25. The molecule has 0 aliphatic heterocycles. The van der Waals surface area contributed by atoms with Gasteiger partial charge in [-0.05, 0) is 6.92 Å².